The standard InChI is InChI=1S/C20H16N4O2/c1-13-5-7-15(8-6-13)19(25)23-16-3-2-4-17(10-16)24-20(26)18-9-14(11-21)12-22-18/h2-10,12,22H,1H3,(H,23,25)(H,24,26). The number of hydrogen-bond acceptors (Lipinski definition) is 3. The first kappa shape index (κ1) is 17.0. The number of hydrogen-bond donors (Lipinski definition) is 3. The van der Waals surface area contributed by atoms with E-state index in [2.05, 4.69) is 15.6 Å². The lowest BCUT2D eigenvalue weighted by atomic mass is 10.1. The number of aromatic amines is 1. The average Bonchev–Trinajstić information content (AvgIpc) is 3.12. The van der Waals surface area contributed by atoms with E-state index < -0.39 is 0 Å². The predicted molar refractivity (Wildman–Crippen MR) is 99.0 cm³/mol. The van der Waals surface area contributed by atoms with Gasteiger partial charge in [-0.25, -0.2) is 0 Å². The van der Waals surface area contributed by atoms with Gasteiger partial charge in [0.05, 0.1) is 5.56 Å². The predicted octanol–water partition coefficient (Wildman–Crippen LogP) is 3.70. The van der Waals surface area contributed by atoms with Crippen molar-refractivity contribution >= 4 is 23.2 Å². The van der Waals surface area contributed by atoms with Crippen molar-refractivity contribution in [2.24, 2.45) is 0 Å². The maximum absolute atomic E-state index is 12.3. The van der Waals surface area contributed by atoms with Crippen molar-refractivity contribution < 1.29 is 9.59 Å². The highest BCUT2D eigenvalue weighted by molar-refractivity contribution is 6.06. The van der Waals surface area contributed by atoms with Crippen LogP contribution in [0, 0.1) is 18.3 Å². The number of aryl methyl sites for hydroxylation is 1. The van der Waals surface area contributed by atoms with Crippen molar-refractivity contribution in [1.82, 2.24) is 4.98 Å². The molecule has 0 bridgehead atoms. The van der Waals surface area contributed by atoms with Crippen LogP contribution in [0.4, 0.5) is 11.4 Å². The zero-order valence-electron chi connectivity index (χ0n) is 14.0. The van der Waals surface area contributed by atoms with Crippen LogP contribution in [0.5, 0.6) is 0 Å². The molecule has 0 atom stereocenters. The first-order valence-electron chi connectivity index (χ1n) is 7.93. The summed E-state index contributed by atoms with van der Waals surface area (Å²) in [5.74, 6) is -0.593. The van der Waals surface area contributed by atoms with E-state index in [-0.39, 0.29) is 17.5 Å². The molecule has 3 rings (SSSR count). The van der Waals surface area contributed by atoms with Crippen molar-refractivity contribution in [3.05, 3.63) is 83.2 Å². The van der Waals surface area contributed by atoms with Gasteiger partial charge in [-0.15, -0.1) is 0 Å². The van der Waals surface area contributed by atoms with Crippen LogP contribution in [0.25, 0.3) is 0 Å². The van der Waals surface area contributed by atoms with Crippen LogP contribution in [-0.2, 0) is 0 Å². The van der Waals surface area contributed by atoms with Gasteiger partial charge in [-0.1, -0.05) is 23.8 Å². The molecule has 2 aromatic carbocycles. The zero-order chi connectivity index (χ0) is 18.5. The van der Waals surface area contributed by atoms with Crippen LogP contribution in [0.2, 0.25) is 0 Å². The van der Waals surface area contributed by atoms with E-state index in [9.17, 15) is 9.59 Å². The summed E-state index contributed by atoms with van der Waals surface area (Å²) in [7, 11) is 0. The second-order valence-corrected chi connectivity index (χ2v) is 5.77. The highest BCUT2D eigenvalue weighted by Gasteiger charge is 2.10. The summed E-state index contributed by atoms with van der Waals surface area (Å²) in [5.41, 5.74) is 3.41. The van der Waals surface area contributed by atoms with Crippen LogP contribution < -0.4 is 10.6 Å². The van der Waals surface area contributed by atoms with Crippen molar-refractivity contribution in [3.8, 4) is 6.07 Å². The summed E-state index contributed by atoms with van der Waals surface area (Å²) in [4.78, 5) is 27.2. The molecule has 128 valence electrons. The quantitative estimate of drug-likeness (QED) is 0.673. The van der Waals surface area contributed by atoms with Gasteiger partial charge in [0.15, 0.2) is 0 Å². The topological polar surface area (TPSA) is 97.8 Å². The van der Waals surface area contributed by atoms with E-state index in [1.807, 2.05) is 25.1 Å². The Balaban J connectivity index is 1.69. The number of nitrogens with zero attached hydrogens (tertiary/aromatic N) is 1. The van der Waals surface area contributed by atoms with Gasteiger partial charge < -0.3 is 15.6 Å². The monoisotopic (exact) mass is 344 g/mol. The highest BCUT2D eigenvalue weighted by Crippen LogP contribution is 2.17. The minimum absolute atomic E-state index is 0.225. The number of carbonyl (C=O) groups is 2. The fourth-order valence-corrected chi connectivity index (χ4v) is 2.37. The number of anilines is 2. The van der Waals surface area contributed by atoms with Gasteiger partial charge in [-0.3, -0.25) is 9.59 Å². The Labute approximate surface area is 150 Å². The fourth-order valence-electron chi connectivity index (χ4n) is 2.37. The van der Waals surface area contributed by atoms with E-state index in [4.69, 9.17) is 5.26 Å². The second kappa shape index (κ2) is 7.36. The summed E-state index contributed by atoms with van der Waals surface area (Å²) < 4.78 is 0. The van der Waals surface area contributed by atoms with Gasteiger partial charge in [-0.2, -0.15) is 5.26 Å². The molecule has 3 N–H and O–H groups in total. The summed E-state index contributed by atoms with van der Waals surface area (Å²) in [6.07, 6.45) is 1.47. The number of aromatic nitrogens is 1. The number of rotatable bonds is 4. The summed E-state index contributed by atoms with van der Waals surface area (Å²) >= 11 is 0. The lowest BCUT2D eigenvalue weighted by Crippen LogP contribution is -2.14. The van der Waals surface area contributed by atoms with Crippen LogP contribution in [0.15, 0.2) is 60.8 Å². The van der Waals surface area contributed by atoms with Crippen molar-refractivity contribution in [3.63, 3.8) is 0 Å². The SMILES string of the molecule is Cc1ccc(C(=O)Nc2cccc(NC(=O)c3cc(C#N)c[nH]3)c2)cc1. The molecule has 6 nitrogen and oxygen atoms in total. The van der Waals surface area contributed by atoms with E-state index in [1.165, 1.54) is 12.3 Å². The Morgan fingerprint density at radius 2 is 1.62 bits per heavy atom. The van der Waals surface area contributed by atoms with Crippen molar-refractivity contribution in [2.45, 2.75) is 6.92 Å². The van der Waals surface area contributed by atoms with Gasteiger partial charge in [0, 0.05) is 23.1 Å². The Morgan fingerprint density at radius 1 is 0.962 bits per heavy atom. The Kier molecular flexibility index (Phi) is 4.81. The zero-order valence-corrected chi connectivity index (χ0v) is 14.0. The first-order chi connectivity index (χ1) is 12.5. The molecule has 0 unspecified atom stereocenters. The molecule has 0 saturated carbocycles. The molecular formula is C20H16N4O2. The van der Waals surface area contributed by atoms with Crippen molar-refractivity contribution in [1.29, 1.82) is 5.26 Å². The van der Waals surface area contributed by atoms with Crippen molar-refractivity contribution in [2.75, 3.05) is 10.6 Å². The van der Waals surface area contributed by atoms with Gasteiger partial charge in [0.25, 0.3) is 11.8 Å². The summed E-state index contributed by atoms with van der Waals surface area (Å²) in [6.45, 7) is 1.96. The van der Waals surface area contributed by atoms with Gasteiger partial charge in [-0.05, 0) is 43.3 Å². The molecule has 1 aromatic heterocycles. The normalized spacial score (nSPS) is 10.0. The number of H-pyrrole nitrogens is 1. The number of nitrogens with one attached hydrogen (secondary N) is 3. The molecular weight excluding hydrogens is 328 g/mol. The molecule has 3 aromatic rings. The third kappa shape index (κ3) is 3.97. The molecule has 1 heterocycles. The largest absolute Gasteiger partial charge is 0.356 e. The third-order valence-electron chi connectivity index (χ3n) is 3.75. The number of carbonyl (C=O) groups excluding carboxylic acids is 2. The van der Waals surface area contributed by atoms with Crippen LogP contribution in [-0.4, -0.2) is 16.8 Å². The molecule has 0 aliphatic rings. The van der Waals surface area contributed by atoms with Gasteiger partial charge in [0.2, 0.25) is 0 Å². The molecule has 0 aliphatic carbocycles. The van der Waals surface area contributed by atoms with Gasteiger partial charge in [0.1, 0.15) is 11.8 Å². The Bertz CT molecular complexity index is 997. The first-order valence-corrected chi connectivity index (χ1v) is 7.93. The Hall–Kier alpha value is -3.85. The molecule has 6 heteroatoms. The van der Waals surface area contributed by atoms with Crippen LogP contribution >= 0.6 is 0 Å². The lowest BCUT2D eigenvalue weighted by Gasteiger charge is -2.09. The third-order valence-corrected chi connectivity index (χ3v) is 3.75. The minimum Gasteiger partial charge on any atom is -0.356 e. The van der Waals surface area contributed by atoms with E-state index in [0.717, 1.165) is 5.56 Å². The van der Waals surface area contributed by atoms with E-state index >= 15 is 0 Å². The average molecular weight is 344 g/mol. The van der Waals surface area contributed by atoms with Gasteiger partial charge >= 0.3 is 0 Å². The maximum atomic E-state index is 12.3. The molecule has 0 aliphatic heterocycles. The minimum atomic E-state index is -0.367. The highest BCUT2D eigenvalue weighted by atomic mass is 16.2. The smallest absolute Gasteiger partial charge is 0.272 e. The van der Waals surface area contributed by atoms with E-state index in [0.29, 0.717) is 22.5 Å². The molecule has 0 saturated heterocycles. The number of nitriles is 1. The van der Waals surface area contributed by atoms with E-state index in [1.54, 1.807) is 36.4 Å². The van der Waals surface area contributed by atoms with Crippen LogP contribution in [0.3, 0.4) is 0 Å². The maximum Gasteiger partial charge on any atom is 0.272 e. The molecule has 0 spiro atoms. The molecule has 0 radical (unpaired) electrons. The van der Waals surface area contributed by atoms with Crippen LogP contribution in [0.1, 0.15) is 32.0 Å². The fraction of sp³-hybridized carbons (Fsp3) is 0.0500. The molecule has 2 amide bonds. The molecule has 0 fully saturated rings. The Morgan fingerprint density at radius 3 is 2.23 bits per heavy atom. The number of benzene rings is 2. The summed E-state index contributed by atoms with van der Waals surface area (Å²) in [6, 6.07) is 17.5. The molecule has 26 heavy (non-hydrogen) atoms. The second-order valence-electron chi connectivity index (χ2n) is 5.77. The lowest BCUT2D eigenvalue weighted by molar-refractivity contribution is 0.101. The summed E-state index contributed by atoms with van der Waals surface area (Å²) in [5, 5.41) is 14.3. The number of amides is 2.